The van der Waals surface area contributed by atoms with Gasteiger partial charge in [0.2, 0.25) is 15.9 Å². The van der Waals surface area contributed by atoms with Crippen LogP contribution in [0.15, 0.2) is 24.3 Å². The Morgan fingerprint density at radius 2 is 2.00 bits per heavy atom. The second kappa shape index (κ2) is 5.38. The van der Waals surface area contributed by atoms with Crippen LogP contribution in [-0.4, -0.2) is 33.0 Å². The molecular weight excluding hydrogens is 288 g/mol. The number of hydrogen-bond acceptors (Lipinski definition) is 3. The second-order valence-corrected chi connectivity index (χ2v) is 6.71. The summed E-state index contributed by atoms with van der Waals surface area (Å²) in [6.45, 7) is 0.612. The molecule has 0 aromatic heterocycles. The molecule has 1 amide bonds. The highest BCUT2D eigenvalue weighted by molar-refractivity contribution is 7.92. The molecule has 19 heavy (non-hydrogen) atoms. The van der Waals surface area contributed by atoms with Gasteiger partial charge in [-0.1, -0.05) is 0 Å². The number of nitrogens with zero attached hydrogens (tertiary/aromatic N) is 1. The predicted molar refractivity (Wildman–Crippen MR) is 76.1 cm³/mol. The number of anilines is 2. The normalized spacial score (nSPS) is 19.8. The van der Waals surface area contributed by atoms with Crippen molar-refractivity contribution in [3.63, 3.8) is 0 Å². The molecule has 2 rings (SSSR count). The van der Waals surface area contributed by atoms with Gasteiger partial charge in [-0.05, 0) is 30.2 Å². The number of benzene rings is 1. The summed E-state index contributed by atoms with van der Waals surface area (Å²) in [7, 11) is -3.28. The van der Waals surface area contributed by atoms with Crippen molar-refractivity contribution >= 4 is 38.9 Å². The Labute approximate surface area is 117 Å². The first-order chi connectivity index (χ1) is 8.89. The van der Waals surface area contributed by atoms with Gasteiger partial charge in [-0.3, -0.25) is 9.52 Å². The lowest BCUT2D eigenvalue weighted by molar-refractivity contribution is -0.117. The van der Waals surface area contributed by atoms with E-state index in [0.717, 1.165) is 11.9 Å². The molecule has 1 aliphatic rings. The number of amides is 1. The van der Waals surface area contributed by atoms with E-state index in [4.69, 9.17) is 11.6 Å². The van der Waals surface area contributed by atoms with Crippen molar-refractivity contribution in [2.24, 2.45) is 5.92 Å². The van der Waals surface area contributed by atoms with Gasteiger partial charge < -0.3 is 4.90 Å². The van der Waals surface area contributed by atoms with Gasteiger partial charge >= 0.3 is 0 Å². The van der Waals surface area contributed by atoms with E-state index >= 15 is 0 Å². The Hall–Kier alpha value is -1.27. The van der Waals surface area contributed by atoms with Gasteiger partial charge in [0.05, 0.1) is 6.26 Å². The van der Waals surface area contributed by atoms with E-state index in [2.05, 4.69) is 4.72 Å². The zero-order chi connectivity index (χ0) is 14.0. The van der Waals surface area contributed by atoms with Gasteiger partial charge in [0.15, 0.2) is 0 Å². The highest BCUT2D eigenvalue weighted by Crippen LogP contribution is 2.26. The van der Waals surface area contributed by atoms with E-state index in [-0.39, 0.29) is 11.8 Å². The van der Waals surface area contributed by atoms with Crippen LogP contribution in [0.4, 0.5) is 11.4 Å². The first kappa shape index (κ1) is 14.1. The lowest BCUT2D eigenvalue weighted by atomic mass is 10.1. The van der Waals surface area contributed by atoms with Crippen LogP contribution in [0.1, 0.15) is 6.42 Å². The van der Waals surface area contributed by atoms with Crippen LogP contribution in [0.5, 0.6) is 0 Å². The standard InChI is InChI=1S/C12H15ClN2O3S/c1-19(17,18)14-10-2-4-11(5-3-10)15-8-9(7-13)6-12(15)16/h2-5,9,14H,6-8H2,1H3. The lowest BCUT2D eigenvalue weighted by Gasteiger charge is -2.16. The van der Waals surface area contributed by atoms with Gasteiger partial charge in [0.25, 0.3) is 0 Å². The lowest BCUT2D eigenvalue weighted by Crippen LogP contribution is -2.24. The topological polar surface area (TPSA) is 66.5 Å². The molecule has 1 aliphatic heterocycles. The molecular formula is C12H15ClN2O3S. The van der Waals surface area contributed by atoms with Crippen molar-refractivity contribution in [1.82, 2.24) is 0 Å². The maximum atomic E-state index is 11.8. The third-order valence-electron chi connectivity index (χ3n) is 2.91. The summed E-state index contributed by atoms with van der Waals surface area (Å²) in [4.78, 5) is 13.5. The summed E-state index contributed by atoms with van der Waals surface area (Å²) in [5, 5.41) is 0. The van der Waals surface area contributed by atoms with Gasteiger partial charge in [0, 0.05) is 30.2 Å². The minimum absolute atomic E-state index is 0.0504. The van der Waals surface area contributed by atoms with Crippen LogP contribution in [0.2, 0.25) is 0 Å². The number of hydrogen-bond donors (Lipinski definition) is 1. The number of sulfonamides is 1. The number of rotatable bonds is 4. The number of nitrogens with one attached hydrogen (secondary N) is 1. The van der Waals surface area contributed by atoms with Crippen molar-refractivity contribution in [2.75, 3.05) is 28.3 Å². The molecule has 7 heteroatoms. The molecule has 1 fully saturated rings. The van der Waals surface area contributed by atoms with Crippen LogP contribution < -0.4 is 9.62 Å². The summed E-state index contributed by atoms with van der Waals surface area (Å²) >= 11 is 5.77. The van der Waals surface area contributed by atoms with E-state index in [1.807, 2.05) is 0 Å². The average Bonchev–Trinajstić information content (AvgIpc) is 2.70. The third kappa shape index (κ3) is 3.61. The van der Waals surface area contributed by atoms with Gasteiger partial charge in [0.1, 0.15) is 0 Å². The first-order valence-electron chi connectivity index (χ1n) is 5.83. The Balaban J connectivity index is 2.13. The second-order valence-electron chi connectivity index (χ2n) is 4.65. The maximum absolute atomic E-state index is 11.8. The molecule has 1 unspecified atom stereocenters. The zero-order valence-electron chi connectivity index (χ0n) is 10.5. The fourth-order valence-corrected chi connectivity index (χ4v) is 2.83. The van der Waals surface area contributed by atoms with Crippen molar-refractivity contribution in [2.45, 2.75) is 6.42 Å². The molecule has 104 valence electrons. The van der Waals surface area contributed by atoms with Gasteiger partial charge in [-0.25, -0.2) is 8.42 Å². The number of alkyl halides is 1. The molecule has 1 aromatic rings. The molecule has 1 saturated heterocycles. The molecule has 0 bridgehead atoms. The molecule has 1 atom stereocenters. The quantitative estimate of drug-likeness (QED) is 0.860. The number of halogens is 1. The van der Waals surface area contributed by atoms with E-state index in [0.29, 0.717) is 24.5 Å². The third-order valence-corrected chi connectivity index (χ3v) is 3.95. The summed E-state index contributed by atoms with van der Waals surface area (Å²) < 4.78 is 24.5. The highest BCUT2D eigenvalue weighted by atomic mass is 35.5. The molecule has 1 aromatic carbocycles. The molecule has 0 saturated carbocycles. The van der Waals surface area contributed by atoms with Crippen LogP contribution in [-0.2, 0) is 14.8 Å². The fraction of sp³-hybridized carbons (Fsp3) is 0.417. The fourth-order valence-electron chi connectivity index (χ4n) is 2.06. The van der Waals surface area contributed by atoms with E-state index in [9.17, 15) is 13.2 Å². The molecule has 0 spiro atoms. The first-order valence-corrected chi connectivity index (χ1v) is 8.26. The monoisotopic (exact) mass is 302 g/mol. The van der Waals surface area contributed by atoms with Gasteiger partial charge in [-0.2, -0.15) is 0 Å². The van der Waals surface area contributed by atoms with Crippen LogP contribution in [0.3, 0.4) is 0 Å². The van der Waals surface area contributed by atoms with Crippen LogP contribution in [0.25, 0.3) is 0 Å². The Morgan fingerprint density at radius 1 is 1.37 bits per heavy atom. The van der Waals surface area contributed by atoms with Crippen molar-refractivity contribution < 1.29 is 13.2 Å². The molecule has 0 radical (unpaired) electrons. The van der Waals surface area contributed by atoms with Crippen molar-refractivity contribution in [3.05, 3.63) is 24.3 Å². The largest absolute Gasteiger partial charge is 0.312 e. The molecule has 5 nitrogen and oxygen atoms in total. The summed E-state index contributed by atoms with van der Waals surface area (Å²) in [5.41, 5.74) is 1.24. The molecule has 0 aliphatic carbocycles. The Morgan fingerprint density at radius 3 is 2.47 bits per heavy atom. The number of carbonyl (C=O) groups is 1. The molecule has 1 heterocycles. The van der Waals surface area contributed by atoms with E-state index in [1.54, 1.807) is 29.2 Å². The van der Waals surface area contributed by atoms with E-state index in [1.165, 1.54) is 0 Å². The zero-order valence-corrected chi connectivity index (χ0v) is 12.0. The highest BCUT2D eigenvalue weighted by Gasteiger charge is 2.29. The SMILES string of the molecule is CS(=O)(=O)Nc1ccc(N2CC(CCl)CC2=O)cc1. The minimum Gasteiger partial charge on any atom is -0.312 e. The smallest absolute Gasteiger partial charge is 0.229 e. The van der Waals surface area contributed by atoms with Crippen molar-refractivity contribution in [3.8, 4) is 0 Å². The summed E-state index contributed by atoms with van der Waals surface area (Å²) in [5.74, 6) is 0.702. The minimum atomic E-state index is -3.28. The number of carbonyl (C=O) groups excluding carboxylic acids is 1. The van der Waals surface area contributed by atoms with Crippen LogP contribution in [0, 0.1) is 5.92 Å². The summed E-state index contributed by atoms with van der Waals surface area (Å²) in [6, 6.07) is 6.72. The predicted octanol–water partition coefficient (Wildman–Crippen LogP) is 1.65. The molecule has 1 N–H and O–H groups in total. The van der Waals surface area contributed by atoms with Crippen LogP contribution >= 0.6 is 11.6 Å². The average molecular weight is 303 g/mol. The van der Waals surface area contributed by atoms with Crippen molar-refractivity contribution in [1.29, 1.82) is 0 Å². The summed E-state index contributed by atoms with van der Waals surface area (Å²) in [6.07, 6.45) is 1.56. The van der Waals surface area contributed by atoms with Gasteiger partial charge in [-0.15, -0.1) is 11.6 Å². The van der Waals surface area contributed by atoms with E-state index < -0.39 is 10.0 Å². The Kier molecular flexibility index (Phi) is 4.01. The Bertz CT molecular complexity index is 571. The maximum Gasteiger partial charge on any atom is 0.229 e.